The molecule has 0 aliphatic rings. The first kappa shape index (κ1) is 16.9. The van der Waals surface area contributed by atoms with Gasteiger partial charge in [0.2, 0.25) is 10.0 Å². The third-order valence-electron chi connectivity index (χ3n) is 2.48. The Balaban J connectivity index is 3.06. The fourth-order valence-electron chi connectivity index (χ4n) is 1.74. The first-order valence-corrected chi connectivity index (χ1v) is 9.22. The summed E-state index contributed by atoms with van der Waals surface area (Å²) in [7, 11) is -7.27. The van der Waals surface area contributed by atoms with Gasteiger partial charge in [-0.05, 0) is 31.5 Å². The Morgan fingerprint density at radius 2 is 1.85 bits per heavy atom. The van der Waals surface area contributed by atoms with E-state index in [1.165, 1.54) is 13.8 Å². The predicted octanol–water partition coefficient (Wildman–Crippen LogP) is 0.428. The summed E-state index contributed by atoms with van der Waals surface area (Å²) in [5.74, 6) is -1.00. The van der Waals surface area contributed by atoms with Gasteiger partial charge >= 0.3 is 0 Å². The minimum absolute atomic E-state index is 0.0983. The number of nitrogens with one attached hydrogen (secondary N) is 1. The largest absolute Gasteiger partial charge is 0.396 e. The van der Waals surface area contributed by atoms with Crippen LogP contribution in [0.5, 0.6) is 0 Å². The molecule has 20 heavy (non-hydrogen) atoms. The second-order valence-electron chi connectivity index (χ2n) is 4.76. The van der Waals surface area contributed by atoms with Crippen molar-refractivity contribution in [3.05, 3.63) is 23.5 Å². The van der Waals surface area contributed by atoms with E-state index in [2.05, 4.69) is 4.72 Å². The highest BCUT2D eigenvalue weighted by atomic mass is 32.2. The molecule has 0 aromatic heterocycles. The van der Waals surface area contributed by atoms with E-state index in [-0.39, 0.29) is 21.9 Å². The molecule has 0 fully saturated rings. The molecule has 0 aliphatic carbocycles. The molecule has 6 nitrogen and oxygen atoms in total. The van der Waals surface area contributed by atoms with E-state index < -0.39 is 31.7 Å². The van der Waals surface area contributed by atoms with Crippen LogP contribution in [-0.4, -0.2) is 34.9 Å². The first-order valence-electron chi connectivity index (χ1n) is 5.68. The van der Waals surface area contributed by atoms with Crippen LogP contribution in [0, 0.1) is 12.7 Å². The molecule has 0 heterocycles. The van der Waals surface area contributed by atoms with Crippen LogP contribution in [-0.2, 0) is 19.9 Å². The zero-order valence-corrected chi connectivity index (χ0v) is 13.0. The van der Waals surface area contributed by atoms with Crippen LogP contribution in [0.15, 0.2) is 17.0 Å². The van der Waals surface area contributed by atoms with Gasteiger partial charge in [0.15, 0.2) is 0 Å². The predicted molar refractivity (Wildman–Crippen MR) is 75.0 cm³/mol. The standard InChI is InChI=1S/C11H17FN2O4S2/c1-7-4-9(5-10(13)11(7)12)20(17,18)14-8(2)6-19(3,15)16/h4-5,8,14H,6,13H2,1-3H3. The van der Waals surface area contributed by atoms with Gasteiger partial charge in [-0.15, -0.1) is 0 Å². The van der Waals surface area contributed by atoms with Crippen LogP contribution in [0.2, 0.25) is 0 Å². The van der Waals surface area contributed by atoms with Crippen LogP contribution < -0.4 is 10.5 Å². The summed E-state index contributed by atoms with van der Waals surface area (Å²) in [6.45, 7) is 2.82. The molecule has 0 saturated carbocycles. The van der Waals surface area contributed by atoms with Crippen LogP contribution in [0.4, 0.5) is 10.1 Å². The summed E-state index contributed by atoms with van der Waals surface area (Å²) in [5.41, 5.74) is 5.21. The molecule has 1 rings (SSSR count). The number of hydrogen-bond acceptors (Lipinski definition) is 5. The number of sulfone groups is 1. The van der Waals surface area contributed by atoms with Crippen LogP contribution in [0.1, 0.15) is 12.5 Å². The number of aryl methyl sites for hydroxylation is 1. The van der Waals surface area contributed by atoms with Crippen molar-refractivity contribution in [2.45, 2.75) is 24.8 Å². The van der Waals surface area contributed by atoms with Crippen molar-refractivity contribution >= 4 is 25.5 Å². The van der Waals surface area contributed by atoms with Gasteiger partial charge in [-0.1, -0.05) is 0 Å². The quantitative estimate of drug-likeness (QED) is 0.764. The van der Waals surface area contributed by atoms with E-state index >= 15 is 0 Å². The number of anilines is 1. The van der Waals surface area contributed by atoms with Gasteiger partial charge in [0.1, 0.15) is 15.7 Å². The molecular formula is C11H17FN2O4S2. The molecule has 1 aromatic rings. The smallest absolute Gasteiger partial charge is 0.240 e. The van der Waals surface area contributed by atoms with Crippen molar-refractivity contribution in [2.24, 2.45) is 0 Å². The normalized spacial score (nSPS) is 14.2. The highest BCUT2D eigenvalue weighted by molar-refractivity contribution is 7.91. The summed E-state index contributed by atoms with van der Waals surface area (Å²) in [6, 6.07) is 1.33. The number of hydrogen-bond donors (Lipinski definition) is 2. The molecule has 0 aliphatic heterocycles. The molecule has 3 N–H and O–H groups in total. The van der Waals surface area contributed by atoms with Gasteiger partial charge in [-0.2, -0.15) is 0 Å². The van der Waals surface area contributed by atoms with Gasteiger partial charge in [0.05, 0.1) is 16.3 Å². The SMILES string of the molecule is Cc1cc(S(=O)(=O)NC(C)CS(C)(=O)=O)cc(N)c1F. The average molecular weight is 324 g/mol. The number of halogens is 1. The maximum absolute atomic E-state index is 13.4. The van der Waals surface area contributed by atoms with Crippen molar-refractivity contribution < 1.29 is 21.2 Å². The van der Waals surface area contributed by atoms with Crippen molar-refractivity contribution in [3.8, 4) is 0 Å². The fraction of sp³-hybridized carbons (Fsp3) is 0.455. The Bertz CT molecular complexity index is 691. The van der Waals surface area contributed by atoms with E-state index in [4.69, 9.17) is 5.73 Å². The highest BCUT2D eigenvalue weighted by Gasteiger charge is 2.21. The molecule has 1 aromatic carbocycles. The Labute approximate surface area is 118 Å². The third kappa shape index (κ3) is 4.43. The Morgan fingerprint density at radius 3 is 2.30 bits per heavy atom. The Kier molecular flexibility index (Phi) is 4.78. The lowest BCUT2D eigenvalue weighted by atomic mass is 10.2. The van der Waals surface area contributed by atoms with Crippen LogP contribution >= 0.6 is 0 Å². The van der Waals surface area contributed by atoms with E-state index in [1.54, 1.807) is 0 Å². The van der Waals surface area contributed by atoms with Gasteiger partial charge in [0, 0.05) is 12.3 Å². The summed E-state index contributed by atoms with van der Waals surface area (Å²) in [4.78, 5) is -0.200. The summed E-state index contributed by atoms with van der Waals surface area (Å²) >= 11 is 0. The highest BCUT2D eigenvalue weighted by Crippen LogP contribution is 2.20. The monoisotopic (exact) mass is 324 g/mol. The van der Waals surface area contributed by atoms with Gasteiger partial charge in [0.25, 0.3) is 0 Å². The van der Waals surface area contributed by atoms with E-state index in [0.29, 0.717) is 0 Å². The lowest BCUT2D eigenvalue weighted by Crippen LogP contribution is -2.37. The number of sulfonamides is 1. The number of benzene rings is 1. The second-order valence-corrected chi connectivity index (χ2v) is 8.66. The number of nitrogens with two attached hydrogens (primary N) is 1. The van der Waals surface area contributed by atoms with Crippen molar-refractivity contribution in [2.75, 3.05) is 17.7 Å². The van der Waals surface area contributed by atoms with Crippen LogP contribution in [0.25, 0.3) is 0 Å². The minimum Gasteiger partial charge on any atom is -0.396 e. The fourth-order valence-corrected chi connectivity index (χ4v) is 4.20. The van der Waals surface area contributed by atoms with Crippen molar-refractivity contribution in [3.63, 3.8) is 0 Å². The zero-order valence-electron chi connectivity index (χ0n) is 11.3. The number of rotatable bonds is 5. The lowest BCUT2D eigenvalue weighted by Gasteiger charge is -2.14. The molecule has 0 radical (unpaired) electrons. The van der Waals surface area contributed by atoms with Gasteiger partial charge in [-0.25, -0.2) is 25.9 Å². The third-order valence-corrected chi connectivity index (χ3v) is 5.15. The molecule has 9 heteroatoms. The van der Waals surface area contributed by atoms with Gasteiger partial charge < -0.3 is 5.73 Å². The summed E-state index contributed by atoms with van der Waals surface area (Å²) < 4.78 is 61.9. The molecule has 114 valence electrons. The topological polar surface area (TPSA) is 106 Å². The average Bonchev–Trinajstić information content (AvgIpc) is 2.21. The van der Waals surface area contributed by atoms with E-state index in [0.717, 1.165) is 18.4 Å². The molecule has 1 unspecified atom stereocenters. The maximum atomic E-state index is 13.4. The second kappa shape index (κ2) is 5.66. The van der Waals surface area contributed by atoms with E-state index in [9.17, 15) is 21.2 Å². The molecule has 0 spiro atoms. The Hall–Kier alpha value is -1.19. The minimum atomic E-state index is -3.95. The Morgan fingerprint density at radius 1 is 1.30 bits per heavy atom. The molecule has 0 saturated heterocycles. The summed E-state index contributed by atoms with van der Waals surface area (Å²) in [5, 5.41) is 0. The first-order chi connectivity index (χ1) is 8.92. The maximum Gasteiger partial charge on any atom is 0.240 e. The molecule has 1 atom stereocenters. The molecule has 0 amide bonds. The summed E-state index contributed by atoms with van der Waals surface area (Å²) in [6.07, 6.45) is 1.01. The van der Waals surface area contributed by atoms with Gasteiger partial charge in [-0.3, -0.25) is 0 Å². The van der Waals surface area contributed by atoms with Crippen molar-refractivity contribution in [1.82, 2.24) is 4.72 Å². The molecule has 0 bridgehead atoms. The van der Waals surface area contributed by atoms with Crippen molar-refractivity contribution in [1.29, 1.82) is 0 Å². The zero-order chi connectivity index (χ0) is 15.7. The van der Waals surface area contributed by atoms with E-state index in [1.807, 2.05) is 0 Å². The van der Waals surface area contributed by atoms with Crippen LogP contribution in [0.3, 0.4) is 0 Å². The number of nitrogen functional groups attached to an aromatic ring is 1. The molecular weight excluding hydrogens is 307 g/mol. The lowest BCUT2D eigenvalue weighted by molar-refractivity contribution is 0.564.